The third kappa shape index (κ3) is 7.82. The Labute approximate surface area is 198 Å². The first-order valence-corrected chi connectivity index (χ1v) is 11.6. The number of ether oxygens (including phenoxy) is 1. The van der Waals surface area contributed by atoms with Gasteiger partial charge in [0.1, 0.15) is 6.04 Å². The zero-order chi connectivity index (χ0) is 24.8. The minimum absolute atomic E-state index is 0.0287. The van der Waals surface area contributed by atoms with Gasteiger partial charge in [0.25, 0.3) is 5.91 Å². The number of hydrogen-bond acceptors (Lipinski definition) is 6. The van der Waals surface area contributed by atoms with E-state index in [-0.39, 0.29) is 28.9 Å². The highest BCUT2D eigenvalue weighted by Gasteiger charge is 2.27. The van der Waals surface area contributed by atoms with Crippen LogP contribution in [0.3, 0.4) is 0 Å². The van der Waals surface area contributed by atoms with Crippen LogP contribution in [0.1, 0.15) is 72.0 Å². The van der Waals surface area contributed by atoms with E-state index in [4.69, 9.17) is 4.74 Å². The lowest BCUT2D eigenvalue weighted by atomic mass is 9.86. The molecule has 8 heteroatoms. The lowest BCUT2D eigenvalue weighted by Crippen LogP contribution is -2.45. The smallest absolute Gasteiger partial charge is 0.329 e. The molecule has 0 radical (unpaired) electrons. The monoisotopic (exact) mass is 472 g/mol. The molecule has 2 amide bonds. The second kappa shape index (κ2) is 11.2. The number of Topliss-reactive ketones (excluding diaryl/α,β-unsaturated/α-hetero) is 1. The fraction of sp³-hybridized carbons (Fsp3) is 0.440. The molecule has 0 fully saturated rings. The molecule has 0 unspecified atom stereocenters. The Bertz CT molecular complexity index is 1000. The van der Waals surface area contributed by atoms with E-state index in [0.29, 0.717) is 17.0 Å². The van der Waals surface area contributed by atoms with Gasteiger partial charge in [-0.3, -0.25) is 14.4 Å². The molecule has 33 heavy (non-hydrogen) atoms. The van der Waals surface area contributed by atoms with Gasteiger partial charge in [0.15, 0.2) is 6.61 Å². The summed E-state index contributed by atoms with van der Waals surface area (Å²) < 4.78 is 5.22. The standard InChI is InChI=1S/C25H32N2O5S/c1-15(2)22(27-23(30)17-7-9-18(10-8-17)25(4,5)6)24(31)32-14-20(29)21-12-11-19(33-21)13-26-16(3)28/h7-12,15,22H,13-14H2,1-6H3,(H,26,28)(H,27,30)/t22-/m0/s1. The predicted molar refractivity (Wildman–Crippen MR) is 128 cm³/mol. The molecule has 2 rings (SSSR count). The van der Waals surface area contributed by atoms with Gasteiger partial charge in [-0.2, -0.15) is 0 Å². The molecule has 1 heterocycles. The SMILES string of the molecule is CC(=O)NCc1ccc(C(=O)COC(=O)[C@@H](NC(=O)c2ccc(C(C)(C)C)cc2)C(C)C)s1. The molecule has 7 nitrogen and oxygen atoms in total. The average Bonchev–Trinajstić information content (AvgIpc) is 3.22. The molecule has 0 spiro atoms. The Kier molecular flexibility index (Phi) is 8.93. The van der Waals surface area contributed by atoms with Crippen LogP contribution in [0.4, 0.5) is 0 Å². The molecule has 0 aliphatic heterocycles. The number of benzene rings is 1. The largest absolute Gasteiger partial charge is 0.456 e. The maximum absolute atomic E-state index is 12.7. The van der Waals surface area contributed by atoms with Crippen molar-refractivity contribution < 1.29 is 23.9 Å². The van der Waals surface area contributed by atoms with E-state index in [1.54, 1.807) is 38.1 Å². The molecule has 0 saturated carbocycles. The highest BCUT2D eigenvalue weighted by atomic mass is 32.1. The fourth-order valence-corrected chi connectivity index (χ4v) is 3.85. The topological polar surface area (TPSA) is 102 Å². The normalized spacial score (nSPS) is 12.2. The van der Waals surface area contributed by atoms with Gasteiger partial charge < -0.3 is 15.4 Å². The summed E-state index contributed by atoms with van der Waals surface area (Å²) in [5, 5.41) is 5.39. The Balaban J connectivity index is 1.96. The lowest BCUT2D eigenvalue weighted by Gasteiger charge is -2.21. The average molecular weight is 473 g/mol. The van der Waals surface area contributed by atoms with Gasteiger partial charge in [-0.15, -0.1) is 11.3 Å². The second-order valence-corrected chi connectivity index (χ2v) is 10.4. The van der Waals surface area contributed by atoms with Gasteiger partial charge in [0.05, 0.1) is 11.4 Å². The van der Waals surface area contributed by atoms with Crippen LogP contribution in [-0.4, -0.2) is 36.2 Å². The Hall–Kier alpha value is -3.00. The highest BCUT2D eigenvalue weighted by molar-refractivity contribution is 7.14. The van der Waals surface area contributed by atoms with Crippen molar-refractivity contribution in [1.29, 1.82) is 0 Å². The Morgan fingerprint density at radius 2 is 1.64 bits per heavy atom. The molecule has 0 bridgehead atoms. The van der Waals surface area contributed by atoms with Crippen LogP contribution in [0.25, 0.3) is 0 Å². The number of rotatable bonds is 9. The third-order valence-corrected chi connectivity index (χ3v) is 6.14. The van der Waals surface area contributed by atoms with E-state index in [0.717, 1.165) is 10.4 Å². The second-order valence-electron chi connectivity index (χ2n) is 9.23. The van der Waals surface area contributed by atoms with Crippen molar-refractivity contribution in [2.24, 2.45) is 5.92 Å². The van der Waals surface area contributed by atoms with E-state index in [1.807, 2.05) is 12.1 Å². The number of nitrogens with one attached hydrogen (secondary N) is 2. The van der Waals surface area contributed by atoms with Crippen LogP contribution in [-0.2, 0) is 26.3 Å². The summed E-state index contributed by atoms with van der Waals surface area (Å²) in [4.78, 5) is 50.0. The van der Waals surface area contributed by atoms with Crippen LogP contribution < -0.4 is 10.6 Å². The van der Waals surface area contributed by atoms with E-state index in [9.17, 15) is 19.2 Å². The molecular weight excluding hydrogens is 440 g/mol. The van der Waals surface area contributed by atoms with Gasteiger partial charge in [0, 0.05) is 17.4 Å². The zero-order valence-corrected chi connectivity index (χ0v) is 20.8. The molecule has 0 aliphatic rings. The van der Waals surface area contributed by atoms with Gasteiger partial charge in [0.2, 0.25) is 11.7 Å². The maximum Gasteiger partial charge on any atom is 0.329 e. The van der Waals surface area contributed by atoms with Crippen molar-refractivity contribution in [3.63, 3.8) is 0 Å². The molecular formula is C25H32N2O5S. The molecule has 178 valence electrons. The summed E-state index contributed by atoms with van der Waals surface area (Å²) in [6, 6.07) is 9.77. The number of carbonyl (C=O) groups is 4. The van der Waals surface area contributed by atoms with Crippen LogP contribution in [0.2, 0.25) is 0 Å². The minimum atomic E-state index is -0.883. The summed E-state index contributed by atoms with van der Waals surface area (Å²) in [5.74, 6) is -1.76. The number of esters is 1. The van der Waals surface area contributed by atoms with E-state index in [2.05, 4.69) is 31.4 Å². The zero-order valence-electron chi connectivity index (χ0n) is 20.0. The van der Waals surface area contributed by atoms with Crippen LogP contribution >= 0.6 is 11.3 Å². The molecule has 2 N–H and O–H groups in total. The lowest BCUT2D eigenvalue weighted by molar-refractivity contribution is -0.146. The van der Waals surface area contributed by atoms with Gasteiger partial charge >= 0.3 is 5.97 Å². The first-order chi connectivity index (χ1) is 15.4. The number of carbonyl (C=O) groups excluding carboxylic acids is 4. The minimum Gasteiger partial charge on any atom is -0.456 e. The maximum atomic E-state index is 12.7. The summed E-state index contributed by atoms with van der Waals surface area (Å²) >= 11 is 1.23. The van der Waals surface area contributed by atoms with Crippen LogP contribution in [0.15, 0.2) is 36.4 Å². The van der Waals surface area contributed by atoms with Crippen LogP contribution in [0.5, 0.6) is 0 Å². The van der Waals surface area contributed by atoms with E-state index in [1.165, 1.54) is 18.3 Å². The van der Waals surface area contributed by atoms with Crippen molar-refractivity contribution in [3.05, 3.63) is 57.3 Å². The highest BCUT2D eigenvalue weighted by Crippen LogP contribution is 2.22. The Morgan fingerprint density at radius 3 is 2.18 bits per heavy atom. The predicted octanol–water partition coefficient (Wildman–Crippen LogP) is 3.86. The summed E-state index contributed by atoms with van der Waals surface area (Å²) in [7, 11) is 0. The van der Waals surface area contributed by atoms with Gasteiger partial charge in [-0.25, -0.2) is 4.79 Å². The first kappa shape index (κ1) is 26.3. The summed E-state index contributed by atoms with van der Waals surface area (Å²) in [6.45, 7) is 11.2. The van der Waals surface area contributed by atoms with Crippen LogP contribution in [0, 0.1) is 5.92 Å². The quantitative estimate of drug-likeness (QED) is 0.426. The summed E-state index contributed by atoms with van der Waals surface area (Å²) in [6.07, 6.45) is 0. The third-order valence-electron chi connectivity index (χ3n) is 5.01. The molecule has 2 aromatic rings. The molecule has 1 aromatic heterocycles. The number of thiophene rings is 1. The molecule has 0 aliphatic carbocycles. The van der Waals surface area contributed by atoms with Crippen molar-refractivity contribution in [2.45, 2.75) is 59.5 Å². The van der Waals surface area contributed by atoms with Gasteiger partial charge in [-0.05, 0) is 41.2 Å². The van der Waals surface area contributed by atoms with E-state index >= 15 is 0 Å². The number of hydrogen-bond donors (Lipinski definition) is 2. The first-order valence-electron chi connectivity index (χ1n) is 10.8. The number of amides is 2. The molecule has 1 aromatic carbocycles. The molecule has 0 saturated heterocycles. The number of ketones is 1. The Morgan fingerprint density at radius 1 is 1.00 bits per heavy atom. The summed E-state index contributed by atoms with van der Waals surface area (Å²) in [5.41, 5.74) is 1.52. The van der Waals surface area contributed by atoms with Gasteiger partial charge in [-0.1, -0.05) is 46.8 Å². The fourth-order valence-electron chi connectivity index (χ4n) is 2.98. The van der Waals surface area contributed by atoms with Crippen molar-refractivity contribution in [2.75, 3.05) is 6.61 Å². The van der Waals surface area contributed by atoms with Crippen molar-refractivity contribution in [3.8, 4) is 0 Å². The van der Waals surface area contributed by atoms with E-state index < -0.39 is 18.6 Å². The molecule has 1 atom stereocenters. The van der Waals surface area contributed by atoms with Crippen molar-refractivity contribution in [1.82, 2.24) is 10.6 Å². The van der Waals surface area contributed by atoms with Crippen molar-refractivity contribution >= 4 is 34.9 Å².